The topological polar surface area (TPSA) is 86.8 Å². The lowest BCUT2D eigenvalue weighted by Gasteiger charge is -2.21. The molecule has 7 nitrogen and oxygen atoms in total. The molecule has 0 fully saturated rings. The summed E-state index contributed by atoms with van der Waals surface area (Å²) in [5.41, 5.74) is 3.64. The fourth-order valence-electron chi connectivity index (χ4n) is 3.68. The molecule has 0 unspecified atom stereocenters. The van der Waals surface area contributed by atoms with Gasteiger partial charge in [0.05, 0.1) is 11.4 Å². The highest BCUT2D eigenvalue weighted by atomic mass is 32.2. The van der Waals surface area contributed by atoms with Gasteiger partial charge in [-0.2, -0.15) is 4.31 Å². The normalized spacial score (nSPS) is 15.9. The number of benzene rings is 2. The molecule has 0 aliphatic carbocycles. The second-order valence-electron chi connectivity index (χ2n) is 7.76. The minimum atomic E-state index is -3.83. The van der Waals surface area contributed by atoms with Gasteiger partial charge in [0.1, 0.15) is 0 Å². The van der Waals surface area contributed by atoms with Gasteiger partial charge in [-0.05, 0) is 49.6 Å². The summed E-state index contributed by atoms with van der Waals surface area (Å²) in [6, 6.07) is 12.5. The van der Waals surface area contributed by atoms with E-state index in [4.69, 9.17) is 0 Å². The molecule has 160 valence electrons. The molecular weight excluding hydrogens is 402 g/mol. The van der Waals surface area contributed by atoms with Crippen LogP contribution in [0.1, 0.15) is 30.5 Å². The smallest absolute Gasteiger partial charge is 0.243 e. The van der Waals surface area contributed by atoms with Gasteiger partial charge in [0, 0.05) is 32.2 Å². The fraction of sp³-hybridized carbons (Fsp3) is 0.364. The lowest BCUT2D eigenvalue weighted by Crippen LogP contribution is -2.38. The van der Waals surface area contributed by atoms with E-state index >= 15 is 0 Å². The van der Waals surface area contributed by atoms with Crippen LogP contribution in [0.25, 0.3) is 0 Å². The number of hydrogen-bond acceptors (Lipinski definition) is 4. The molecular formula is C22H27N3O4S. The summed E-state index contributed by atoms with van der Waals surface area (Å²) in [6.45, 7) is 5.48. The minimum absolute atomic E-state index is 0.0132. The molecule has 0 bridgehead atoms. The van der Waals surface area contributed by atoms with Crippen LogP contribution in [-0.2, 0) is 32.6 Å². The number of amides is 2. The van der Waals surface area contributed by atoms with Gasteiger partial charge < -0.3 is 10.2 Å². The predicted molar refractivity (Wildman–Crippen MR) is 116 cm³/mol. The molecule has 1 heterocycles. The van der Waals surface area contributed by atoms with Gasteiger partial charge in [-0.3, -0.25) is 9.59 Å². The Morgan fingerprint density at radius 2 is 1.83 bits per heavy atom. The van der Waals surface area contributed by atoms with E-state index in [0.717, 1.165) is 26.7 Å². The minimum Gasteiger partial charge on any atom is -0.351 e. The van der Waals surface area contributed by atoms with Crippen LogP contribution in [0.15, 0.2) is 47.4 Å². The Hall–Kier alpha value is -2.71. The van der Waals surface area contributed by atoms with Crippen LogP contribution in [0, 0.1) is 6.92 Å². The summed E-state index contributed by atoms with van der Waals surface area (Å²) < 4.78 is 26.9. The lowest BCUT2D eigenvalue weighted by molar-refractivity contribution is -0.121. The summed E-state index contributed by atoms with van der Waals surface area (Å²) in [4.78, 5) is 25.9. The van der Waals surface area contributed by atoms with Crippen molar-refractivity contribution < 1.29 is 18.0 Å². The summed E-state index contributed by atoms with van der Waals surface area (Å²) >= 11 is 0. The highest BCUT2D eigenvalue weighted by Gasteiger charge is 2.31. The number of likely N-dealkylation sites (N-methyl/N-ethyl adjacent to an activating group) is 1. The van der Waals surface area contributed by atoms with E-state index in [1.54, 1.807) is 17.0 Å². The molecule has 0 aromatic heterocycles. The van der Waals surface area contributed by atoms with Crippen LogP contribution in [0.5, 0.6) is 0 Å². The van der Waals surface area contributed by atoms with Gasteiger partial charge in [-0.25, -0.2) is 8.42 Å². The number of sulfonamides is 1. The molecule has 2 aromatic rings. The summed E-state index contributed by atoms with van der Waals surface area (Å²) in [7, 11) is -2.44. The number of hydrogen-bond donors (Lipinski definition) is 1. The maximum Gasteiger partial charge on any atom is 0.243 e. The van der Waals surface area contributed by atoms with Crippen LogP contribution in [0.4, 0.5) is 5.69 Å². The molecule has 0 radical (unpaired) electrons. The van der Waals surface area contributed by atoms with Crippen LogP contribution in [0.2, 0.25) is 0 Å². The third kappa shape index (κ3) is 4.55. The van der Waals surface area contributed by atoms with E-state index in [0.29, 0.717) is 13.0 Å². The first-order valence-corrected chi connectivity index (χ1v) is 11.2. The molecule has 30 heavy (non-hydrogen) atoms. The Labute approximate surface area is 177 Å². The van der Waals surface area contributed by atoms with E-state index < -0.39 is 10.0 Å². The van der Waals surface area contributed by atoms with Crippen molar-refractivity contribution in [3.8, 4) is 0 Å². The molecule has 1 aliphatic rings. The highest BCUT2D eigenvalue weighted by molar-refractivity contribution is 7.89. The van der Waals surface area contributed by atoms with Crippen molar-refractivity contribution in [3.63, 3.8) is 0 Å². The second-order valence-corrected chi connectivity index (χ2v) is 9.80. The monoisotopic (exact) mass is 429 g/mol. The van der Waals surface area contributed by atoms with Crippen molar-refractivity contribution in [1.29, 1.82) is 0 Å². The molecule has 2 aromatic carbocycles. The second kappa shape index (κ2) is 8.57. The Bertz CT molecular complexity index is 1060. The van der Waals surface area contributed by atoms with Crippen LogP contribution >= 0.6 is 0 Å². The Morgan fingerprint density at radius 3 is 2.47 bits per heavy atom. The van der Waals surface area contributed by atoms with Gasteiger partial charge in [0.15, 0.2) is 0 Å². The SMILES string of the molecule is CC(=O)N1c2ccc(S(=O)(=O)N(C)CC(=O)NCc3ccc(C)cc3)cc2C[C@@H]1C. The van der Waals surface area contributed by atoms with Crippen molar-refractivity contribution in [2.24, 2.45) is 0 Å². The van der Waals surface area contributed by atoms with Gasteiger partial charge >= 0.3 is 0 Å². The number of aryl methyl sites for hydroxylation is 1. The summed E-state index contributed by atoms with van der Waals surface area (Å²) in [6.07, 6.45) is 0.596. The van der Waals surface area contributed by atoms with Crippen molar-refractivity contribution in [3.05, 3.63) is 59.2 Å². The van der Waals surface area contributed by atoms with E-state index in [2.05, 4.69) is 5.32 Å². The molecule has 1 aliphatic heterocycles. The molecule has 3 rings (SSSR count). The number of nitrogens with zero attached hydrogens (tertiary/aromatic N) is 2. The number of carbonyl (C=O) groups excluding carboxylic acids is 2. The van der Waals surface area contributed by atoms with E-state index in [1.807, 2.05) is 38.1 Å². The Kier molecular flexibility index (Phi) is 6.28. The van der Waals surface area contributed by atoms with Gasteiger partial charge in [-0.15, -0.1) is 0 Å². The predicted octanol–water partition coefficient (Wildman–Crippen LogP) is 2.23. The van der Waals surface area contributed by atoms with E-state index in [-0.39, 0.29) is 29.3 Å². The lowest BCUT2D eigenvalue weighted by atomic mass is 10.1. The van der Waals surface area contributed by atoms with E-state index in [9.17, 15) is 18.0 Å². The fourth-order valence-corrected chi connectivity index (χ4v) is 4.86. The number of anilines is 1. The number of fused-ring (bicyclic) bond motifs is 1. The first kappa shape index (κ1) is 22.0. The third-order valence-corrected chi connectivity index (χ3v) is 7.09. The van der Waals surface area contributed by atoms with Gasteiger partial charge in [-0.1, -0.05) is 29.8 Å². The highest BCUT2D eigenvalue weighted by Crippen LogP contribution is 2.34. The number of rotatable bonds is 6. The molecule has 8 heteroatoms. The first-order chi connectivity index (χ1) is 14.1. The number of nitrogens with one attached hydrogen (secondary N) is 1. The molecule has 2 amide bonds. The zero-order chi connectivity index (χ0) is 22.1. The maximum atomic E-state index is 12.9. The Balaban J connectivity index is 1.68. The standard InChI is InChI=1S/C22H27N3O4S/c1-15-5-7-18(8-6-15)13-23-22(27)14-24(4)30(28,29)20-9-10-21-19(12-20)11-16(2)25(21)17(3)26/h5-10,12,16H,11,13-14H2,1-4H3,(H,23,27)/t16-/m0/s1. The van der Waals surface area contributed by atoms with Gasteiger partial charge in [0.25, 0.3) is 0 Å². The van der Waals surface area contributed by atoms with Gasteiger partial charge in [0.2, 0.25) is 21.8 Å². The van der Waals surface area contributed by atoms with Crippen LogP contribution in [0.3, 0.4) is 0 Å². The molecule has 0 saturated carbocycles. The summed E-state index contributed by atoms with van der Waals surface area (Å²) in [5, 5.41) is 2.75. The van der Waals surface area contributed by atoms with Crippen LogP contribution < -0.4 is 10.2 Å². The number of carbonyl (C=O) groups is 2. The van der Waals surface area contributed by atoms with Crippen molar-refractivity contribution in [2.75, 3.05) is 18.5 Å². The molecule has 0 saturated heterocycles. The quantitative estimate of drug-likeness (QED) is 0.763. The van der Waals surface area contributed by atoms with Crippen molar-refractivity contribution >= 4 is 27.5 Å². The van der Waals surface area contributed by atoms with E-state index in [1.165, 1.54) is 20.0 Å². The third-order valence-electron chi connectivity index (χ3n) is 5.29. The van der Waals surface area contributed by atoms with Crippen molar-refractivity contribution in [1.82, 2.24) is 9.62 Å². The first-order valence-electron chi connectivity index (χ1n) is 9.81. The maximum absolute atomic E-state index is 12.9. The summed E-state index contributed by atoms with van der Waals surface area (Å²) in [5.74, 6) is -0.446. The van der Waals surface area contributed by atoms with Crippen molar-refractivity contribution in [2.45, 2.75) is 44.7 Å². The molecule has 0 spiro atoms. The van der Waals surface area contributed by atoms with Crippen LogP contribution in [-0.4, -0.2) is 44.2 Å². The zero-order valence-corrected chi connectivity index (χ0v) is 18.5. The molecule has 1 N–H and O–H groups in total. The molecule has 1 atom stereocenters. The largest absolute Gasteiger partial charge is 0.351 e. The average Bonchev–Trinajstić information content (AvgIpc) is 3.02. The Morgan fingerprint density at radius 1 is 1.17 bits per heavy atom. The zero-order valence-electron chi connectivity index (χ0n) is 17.7. The average molecular weight is 430 g/mol.